The summed E-state index contributed by atoms with van der Waals surface area (Å²) in [6, 6.07) is 15.9. The quantitative estimate of drug-likeness (QED) is 0.873. The molecule has 1 unspecified atom stereocenters. The van der Waals surface area contributed by atoms with Crippen molar-refractivity contribution in [3.8, 4) is 0 Å². The lowest BCUT2D eigenvalue weighted by Gasteiger charge is -2.36. The summed E-state index contributed by atoms with van der Waals surface area (Å²) in [5.41, 5.74) is 1.08. The van der Waals surface area contributed by atoms with E-state index in [2.05, 4.69) is 9.88 Å². The SMILES string of the molecule is CC(C(=O)N1CCN(c2ccccn2)CC1)c1ccccc1. The Labute approximate surface area is 131 Å². The first-order valence-electron chi connectivity index (χ1n) is 7.75. The highest BCUT2D eigenvalue weighted by Gasteiger charge is 2.25. The van der Waals surface area contributed by atoms with Crippen molar-refractivity contribution >= 4 is 11.7 Å². The van der Waals surface area contributed by atoms with Gasteiger partial charge in [-0.15, -0.1) is 0 Å². The fraction of sp³-hybridized carbons (Fsp3) is 0.333. The van der Waals surface area contributed by atoms with Gasteiger partial charge in [-0.1, -0.05) is 36.4 Å². The molecule has 0 N–H and O–H groups in total. The number of aromatic nitrogens is 1. The van der Waals surface area contributed by atoms with Crippen molar-refractivity contribution in [1.29, 1.82) is 0 Å². The van der Waals surface area contributed by atoms with Gasteiger partial charge in [-0.3, -0.25) is 4.79 Å². The van der Waals surface area contributed by atoms with Crippen LogP contribution in [-0.4, -0.2) is 42.0 Å². The number of hydrogen-bond acceptors (Lipinski definition) is 3. The van der Waals surface area contributed by atoms with Gasteiger partial charge in [-0.05, 0) is 24.6 Å². The summed E-state index contributed by atoms with van der Waals surface area (Å²) < 4.78 is 0. The standard InChI is InChI=1S/C18H21N3O/c1-15(16-7-3-2-4-8-16)18(22)21-13-11-20(12-14-21)17-9-5-6-10-19-17/h2-10,15H,11-14H2,1H3. The number of anilines is 1. The monoisotopic (exact) mass is 295 g/mol. The second-order valence-electron chi connectivity index (χ2n) is 5.63. The summed E-state index contributed by atoms with van der Waals surface area (Å²) in [7, 11) is 0. The van der Waals surface area contributed by atoms with Gasteiger partial charge in [0.2, 0.25) is 5.91 Å². The van der Waals surface area contributed by atoms with Crippen LogP contribution in [0.1, 0.15) is 18.4 Å². The number of rotatable bonds is 3. The normalized spacial score (nSPS) is 16.4. The second-order valence-corrected chi connectivity index (χ2v) is 5.63. The Morgan fingerprint density at radius 3 is 2.32 bits per heavy atom. The maximum atomic E-state index is 12.6. The number of nitrogens with zero attached hydrogens (tertiary/aromatic N) is 3. The predicted octanol–water partition coefficient (Wildman–Crippen LogP) is 2.53. The zero-order valence-corrected chi connectivity index (χ0v) is 12.9. The van der Waals surface area contributed by atoms with E-state index in [-0.39, 0.29) is 11.8 Å². The molecule has 0 saturated carbocycles. The molecule has 1 aliphatic heterocycles. The highest BCUT2D eigenvalue weighted by atomic mass is 16.2. The Kier molecular flexibility index (Phi) is 4.37. The molecule has 4 nitrogen and oxygen atoms in total. The molecule has 2 heterocycles. The van der Waals surface area contributed by atoms with E-state index in [9.17, 15) is 4.79 Å². The van der Waals surface area contributed by atoms with Crippen LogP contribution in [0.25, 0.3) is 0 Å². The molecule has 1 amide bonds. The summed E-state index contributed by atoms with van der Waals surface area (Å²) in [5, 5.41) is 0. The maximum Gasteiger partial charge on any atom is 0.229 e. The van der Waals surface area contributed by atoms with Crippen LogP contribution < -0.4 is 4.90 Å². The number of carbonyl (C=O) groups is 1. The summed E-state index contributed by atoms with van der Waals surface area (Å²) in [6.07, 6.45) is 1.81. The molecule has 3 rings (SSSR count). The Morgan fingerprint density at radius 1 is 1.00 bits per heavy atom. The van der Waals surface area contributed by atoms with E-state index in [0.29, 0.717) is 0 Å². The molecule has 1 aromatic heterocycles. The van der Waals surface area contributed by atoms with Gasteiger partial charge in [0.15, 0.2) is 0 Å². The van der Waals surface area contributed by atoms with E-state index >= 15 is 0 Å². The molecule has 1 fully saturated rings. The molecular weight excluding hydrogens is 274 g/mol. The van der Waals surface area contributed by atoms with Crippen molar-refractivity contribution in [2.75, 3.05) is 31.1 Å². The lowest BCUT2D eigenvalue weighted by atomic mass is 9.99. The Balaban J connectivity index is 1.60. The van der Waals surface area contributed by atoms with Crippen LogP contribution in [0.2, 0.25) is 0 Å². The Morgan fingerprint density at radius 2 is 1.68 bits per heavy atom. The number of hydrogen-bond donors (Lipinski definition) is 0. The van der Waals surface area contributed by atoms with Crippen molar-refractivity contribution in [2.24, 2.45) is 0 Å². The van der Waals surface area contributed by atoms with Crippen LogP contribution in [0, 0.1) is 0 Å². The molecule has 0 radical (unpaired) electrons. The van der Waals surface area contributed by atoms with Gasteiger partial charge in [0.25, 0.3) is 0 Å². The third kappa shape index (κ3) is 3.11. The Hall–Kier alpha value is -2.36. The first-order chi connectivity index (χ1) is 10.8. The van der Waals surface area contributed by atoms with Crippen LogP contribution in [0.5, 0.6) is 0 Å². The molecule has 4 heteroatoms. The number of benzene rings is 1. The first-order valence-corrected chi connectivity index (χ1v) is 7.75. The predicted molar refractivity (Wildman–Crippen MR) is 87.9 cm³/mol. The average Bonchev–Trinajstić information content (AvgIpc) is 2.62. The molecule has 0 aliphatic carbocycles. The van der Waals surface area contributed by atoms with Crippen LogP contribution in [0.4, 0.5) is 5.82 Å². The molecule has 1 aromatic carbocycles. The van der Waals surface area contributed by atoms with Crippen LogP contribution in [-0.2, 0) is 4.79 Å². The van der Waals surface area contributed by atoms with E-state index in [1.54, 1.807) is 0 Å². The van der Waals surface area contributed by atoms with E-state index in [1.807, 2.05) is 66.6 Å². The van der Waals surface area contributed by atoms with E-state index in [1.165, 1.54) is 0 Å². The summed E-state index contributed by atoms with van der Waals surface area (Å²) >= 11 is 0. The molecule has 1 atom stereocenters. The lowest BCUT2D eigenvalue weighted by molar-refractivity contribution is -0.132. The topological polar surface area (TPSA) is 36.4 Å². The maximum absolute atomic E-state index is 12.6. The third-order valence-electron chi connectivity index (χ3n) is 4.23. The summed E-state index contributed by atoms with van der Waals surface area (Å²) in [6.45, 7) is 5.18. The van der Waals surface area contributed by atoms with E-state index in [4.69, 9.17) is 0 Å². The van der Waals surface area contributed by atoms with Crippen molar-refractivity contribution in [3.05, 3.63) is 60.3 Å². The minimum Gasteiger partial charge on any atom is -0.353 e. The van der Waals surface area contributed by atoms with Gasteiger partial charge < -0.3 is 9.80 Å². The van der Waals surface area contributed by atoms with E-state index in [0.717, 1.165) is 37.6 Å². The number of carbonyl (C=O) groups excluding carboxylic acids is 1. The van der Waals surface area contributed by atoms with Crippen molar-refractivity contribution in [1.82, 2.24) is 9.88 Å². The molecule has 2 aromatic rings. The fourth-order valence-electron chi connectivity index (χ4n) is 2.85. The van der Waals surface area contributed by atoms with Gasteiger partial charge in [0.05, 0.1) is 5.92 Å². The third-order valence-corrected chi connectivity index (χ3v) is 4.23. The molecule has 22 heavy (non-hydrogen) atoms. The highest BCUT2D eigenvalue weighted by molar-refractivity contribution is 5.83. The van der Waals surface area contributed by atoms with Gasteiger partial charge in [-0.25, -0.2) is 4.98 Å². The highest BCUT2D eigenvalue weighted by Crippen LogP contribution is 2.20. The van der Waals surface area contributed by atoms with Crippen LogP contribution in [0.15, 0.2) is 54.7 Å². The van der Waals surface area contributed by atoms with Crippen LogP contribution >= 0.6 is 0 Å². The molecule has 0 spiro atoms. The minimum atomic E-state index is -0.0809. The van der Waals surface area contributed by atoms with Gasteiger partial charge in [0, 0.05) is 32.4 Å². The van der Waals surface area contributed by atoms with Crippen molar-refractivity contribution in [3.63, 3.8) is 0 Å². The largest absolute Gasteiger partial charge is 0.353 e. The van der Waals surface area contributed by atoms with Gasteiger partial charge in [0.1, 0.15) is 5.82 Å². The van der Waals surface area contributed by atoms with Crippen molar-refractivity contribution in [2.45, 2.75) is 12.8 Å². The molecule has 0 bridgehead atoms. The van der Waals surface area contributed by atoms with Crippen molar-refractivity contribution < 1.29 is 4.79 Å². The first kappa shape index (κ1) is 14.6. The number of amides is 1. The minimum absolute atomic E-state index is 0.0809. The van der Waals surface area contributed by atoms with Crippen LogP contribution in [0.3, 0.4) is 0 Å². The smallest absolute Gasteiger partial charge is 0.229 e. The lowest BCUT2D eigenvalue weighted by Crippen LogP contribution is -2.50. The number of pyridine rings is 1. The second kappa shape index (κ2) is 6.60. The number of piperazine rings is 1. The molecular formula is C18H21N3O. The summed E-state index contributed by atoms with van der Waals surface area (Å²) in [5.74, 6) is 1.13. The molecule has 114 valence electrons. The zero-order chi connectivity index (χ0) is 15.4. The molecule has 1 aliphatic rings. The summed E-state index contributed by atoms with van der Waals surface area (Å²) in [4.78, 5) is 21.2. The average molecular weight is 295 g/mol. The fourth-order valence-corrected chi connectivity index (χ4v) is 2.85. The van der Waals surface area contributed by atoms with E-state index < -0.39 is 0 Å². The van der Waals surface area contributed by atoms with Gasteiger partial charge >= 0.3 is 0 Å². The zero-order valence-electron chi connectivity index (χ0n) is 12.9. The molecule has 1 saturated heterocycles. The van der Waals surface area contributed by atoms with Gasteiger partial charge in [-0.2, -0.15) is 0 Å². The Bertz CT molecular complexity index is 607.